The van der Waals surface area contributed by atoms with Crippen LogP contribution in [0.1, 0.15) is 12.5 Å². The Morgan fingerprint density at radius 2 is 1.90 bits per heavy atom. The van der Waals surface area contributed by atoms with Gasteiger partial charge in [0.05, 0.1) is 30.8 Å². The molecule has 0 unspecified atom stereocenters. The van der Waals surface area contributed by atoms with Crippen LogP contribution in [0.4, 0.5) is 0 Å². The highest BCUT2D eigenvalue weighted by Gasteiger charge is 2.27. The normalized spacial score (nSPS) is 14.8. The molecule has 0 bridgehead atoms. The minimum absolute atomic E-state index is 0.0951. The van der Waals surface area contributed by atoms with Crippen molar-refractivity contribution < 1.29 is 25.2 Å². The molecule has 0 amide bonds. The molecule has 5 N–H and O–H groups in total. The van der Waals surface area contributed by atoms with Gasteiger partial charge in [-0.05, 0) is 25.5 Å². The molecule has 1 aromatic rings. The number of rotatable bonds is 7. The molecular formula is C18H22N4O7. The smallest absolute Gasteiger partial charge is 0.349 e. The predicted octanol–water partition coefficient (Wildman–Crippen LogP) is -1.63. The number of fused-ring (bicyclic) bond motifs is 2. The summed E-state index contributed by atoms with van der Waals surface area (Å²) >= 11 is 0. The second kappa shape index (κ2) is 8.25. The number of aryl methyl sites for hydroxylation is 1. The Morgan fingerprint density at radius 1 is 1.17 bits per heavy atom. The van der Waals surface area contributed by atoms with E-state index in [2.05, 4.69) is 9.97 Å². The maximum absolute atomic E-state index is 12.2. The van der Waals surface area contributed by atoms with Gasteiger partial charge in [0.15, 0.2) is 11.5 Å². The number of aromatic nitrogens is 4. The van der Waals surface area contributed by atoms with Crippen molar-refractivity contribution >= 4 is 11.0 Å². The van der Waals surface area contributed by atoms with Gasteiger partial charge in [0.2, 0.25) is 0 Å². The molecule has 29 heavy (non-hydrogen) atoms. The first-order valence-electron chi connectivity index (χ1n) is 8.99. The number of aromatic amines is 1. The average Bonchev–Trinajstić information content (AvgIpc) is 2.68. The van der Waals surface area contributed by atoms with Crippen LogP contribution in [0.25, 0.3) is 22.6 Å². The van der Waals surface area contributed by atoms with Crippen LogP contribution in [0.5, 0.6) is 5.75 Å². The summed E-state index contributed by atoms with van der Waals surface area (Å²) in [6.07, 6.45) is -4.78. The molecule has 0 radical (unpaired) electrons. The summed E-state index contributed by atoms with van der Waals surface area (Å²) in [4.78, 5) is 34.2. The molecule has 3 rings (SSSR count). The molecule has 11 nitrogen and oxygen atoms in total. The van der Waals surface area contributed by atoms with Gasteiger partial charge in [-0.25, -0.2) is 9.78 Å². The van der Waals surface area contributed by atoms with Crippen molar-refractivity contribution in [3.8, 4) is 17.3 Å². The van der Waals surface area contributed by atoms with E-state index in [-0.39, 0.29) is 18.1 Å². The van der Waals surface area contributed by atoms with E-state index in [9.17, 15) is 24.9 Å². The van der Waals surface area contributed by atoms with Crippen molar-refractivity contribution in [2.24, 2.45) is 0 Å². The summed E-state index contributed by atoms with van der Waals surface area (Å²) in [7, 11) is 0. The number of aliphatic hydroxyl groups is 4. The van der Waals surface area contributed by atoms with Gasteiger partial charge in [0, 0.05) is 6.07 Å². The number of H-pyrrole nitrogens is 1. The van der Waals surface area contributed by atoms with Gasteiger partial charge in [-0.15, -0.1) is 0 Å². The highest BCUT2D eigenvalue weighted by molar-refractivity contribution is 5.82. The molecule has 0 aromatic heterocycles. The fourth-order valence-corrected chi connectivity index (χ4v) is 3.08. The number of nitrogens with one attached hydrogen (secondary N) is 1. The second-order valence-corrected chi connectivity index (χ2v) is 6.61. The molecule has 0 spiro atoms. The predicted molar refractivity (Wildman–Crippen MR) is 102 cm³/mol. The fraction of sp³-hybridized carbons (Fsp3) is 0.444. The molecular weight excluding hydrogens is 384 g/mol. The maximum atomic E-state index is 12.2. The summed E-state index contributed by atoms with van der Waals surface area (Å²) in [6, 6.07) is 3.32. The molecule has 2 aliphatic heterocycles. The van der Waals surface area contributed by atoms with Crippen molar-refractivity contribution in [1.82, 2.24) is 19.5 Å². The van der Waals surface area contributed by atoms with Gasteiger partial charge in [-0.3, -0.25) is 9.78 Å². The quantitative estimate of drug-likeness (QED) is 0.289. The Morgan fingerprint density at radius 3 is 2.55 bits per heavy atom. The Labute approximate surface area is 164 Å². The van der Waals surface area contributed by atoms with E-state index in [1.807, 2.05) is 11.9 Å². The Balaban J connectivity index is 2.28. The van der Waals surface area contributed by atoms with Crippen molar-refractivity contribution in [1.29, 1.82) is 0 Å². The zero-order chi connectivity index (χ0) is 21.3. The molecule has 2 heterocycles. The first-order valence-corrected chi connectivity index (χ1v) is 8.99. The third kappa shape index (κ3) is 3.98. The third-order valence-electron chi connectivity index (χ3n) is 4.55. The summed E-state index contributed by atoms with van der Waals surface area (Å²) < 4.78 is 6.95. The van der Waals surface area contributed by atoms with Crippen molar-refractivity contribution in [2.45, 2.75) is 38.7 Å². The van der Waals surface area contributed by atoms with Crippen LogP contribution in [0, 0.1) is 6.92 Å². The van der Waals surface area contributed by atoms with E-state index in [4.69, 9.17) is 9.84 Å². The molecule has 0 saturated heterocycles. The van der Waals surface area contributed by atoms with Gasteiger partial charge in [0.25, 0.3) is 5.56 Å². The number of hydrogen-bond acceptors (Lipinski definition) is 9. The zero-order valence-corrected chi connectivity index (χ0v) is 15.9. The van der Waals surface area contributed by atoms with Crippen LogP contribution < -0.4 is 16.0 Å². The van der Waals surface area contributed by atoms with E-state index in [1.54, 1.807) is 19.1 Å². The van der Waals surface area contributed by atoms with Crippen LogP contribution in [0.3, 0.4) is 0 Å². The summed E-state index contributed by atoms with van der Waals surface area (Å²) in [5, 5.41) is 39.0. The molecule has 156 valence electrons. The second-order valence-electron chi connectivity index (χ2n) is 6.61. The summed E-state index contributed by atoms with van der Waals surface area (Å²) in [6.45, 7) is 2.94. The lowest BCUT2D eigenvalue weighted by molar-refractivity contribution is -0.0802. The molecule has 1 aromatic carbocycles. The maximum Gasteiger partial charge on any atom is 0.349 e. The highest BCUT2D eigenvalue weighted by Crippen LogP contribution is 2.28. The van der Waals surface area contributed by atoms with Crippen LogP contribution in [0.15, 0.2) is 21.7 Å². The molecule has 0 fully saturated rings. The standard InChI is InChI=1S/C18H22N4O7/c1-3-29-13-5-10-9(4-8(13)2)19-14-16(20-18(28)21-17(14)27)22(10)6-11(24)15(26)12(25)7-23/h4-5,11-12,15,23-26H,3,6-7H2,1-2H3,(H,21,27,28)/t11-,12+,15-/m0/s1. The Bertz CT molecular complexity index is 1110. The average molecular weight is 406 g/mol. The van der Waals surface area contributed by atoms with Gasteiger partial charge in [-0.2, -0.15) is 4.98 Å². The molecule has 11 heteroatoms. The van der Waals surface area contributed by atoms with Crippen molar-refractivity contribution in [3.05, 3.63) is 38.5 Å². The first kappa shape index (κ1) is 20.9. The molecule has 0 aliphatic carbocycles. The minimum Gasteiger partial charge on any atom is -0.494 e. The van der Waals surface area contributed by atoms with E-state index < -0.39 is 36.2 Å². The van der Waals surface area contributed by atoms with E-state index in [1.165, 1.54) is 4.57 Å². The van der Waals surface area contributed by atoms with E-state index in [0.717, 1.165) is 5.56 Å². The van der Waals surface area contributed by atoms with Crippen LogP contribution in [0.2, 0.25) is 0 Å². The number of benzene rings is 1. The monoisotopic (exact) mass is 406 g/mol. The van der Waals surface area contributed by atoms with Crippen molar-refractivity contribution in [2.75, 3.05) is 13.2 Å². The fourth-order valence-electron chi connectivity index (χ4n) is 3.08. The number of nitrogens with zero attached hydrogens (tertiary/aromatic N) is 3. The zero-order valence-electron chi connectivity index (χ0n) is 15.9. The van der Waals surface area contributed by atoms with Crippen LogP contribution in [-0.4, -0.2) is 71.5 Å². The number of ether oxygens (including phenoxy) is 1. The highest BCUT2D eigenvalue weighted by atomic mass is 16.5. The van der Waals surface area contributed by atoms with Crippen LogP contribution in [-0.2, 0) is 6.54 Å². The Hall–Kier alpha value is -2.86. The largest absolute Gasteiger partial charge is 0.494 e. The SMILES string of the molecule is CCOc1cc2c(cc1C)nc1c(=O)[nH]c(=O)nc-1n2C[C@H](O)[C@H](O)[C@H](O)CO. The minimum atomic E-state index is -1.67. The Kier molecular flexibility index (Phi) is 5.94. The molecule has 2 aliphatic rings. The van der Waals surface area contributed by atoms with Gasteiger partial charge >= 0.3 is 5.69 Å². The van der Waals surface area contributed by atoms with Gasteiger partial charge in [-0.1, -0.05) is 0 Å². The third-order valence-corrected chi connectivity index (χ3v) is 4.55. The topological polar surface area (TPSA) is 171 Å². The summed E-state index contributed by atoms with van der Waals surface area (Å²) in [5.74, 6) is 0.440. The number of hydrogen-bond donors (Lipinski definition) is 5. The van der Waals surface area contributed by atoms with E-state index >= 15 is 0 Å². The molecule has 0 saturated carbocycles. The van der Waals surface area contributed by atoms with Crippen LogP contribution >= 0.6 is 0 Å². The lowest BCUT2D eigenvalue weighted by Crippen LogP contribution is -2.42. The first-order chi connectivity index (χ1) is 13.8. The lowest BCUT2D eigenvalue weighted by atomic mass is 10.1. The van der Waals surface area contributed by atoms with Gasteiger partial charge in [0.1, 0.15) is 24.1 Å². The number of aliphatic hydroxyl groups excluding tert-OH is 4. The lowest BCUT2D eigenvalue weighted by Gasteiger charge is -2.25. The molecule has 3 atom stereocenters. The summed E-state index contributed by atoms with van der Waals surface area (Å²) in [5.41, 5.74) is -0.209. The van der Waals surface area contributed by atoms with Crippen molar-refractivity contribution in [3.63, 3.8) is 0 Å². The van der Waals surface area contributed by atoms with Gasteiger partial charge < -0.3 is 29.7 Å². The van der Waals surface area contributed by atoms with E-state index in [0.29, 0.717) is 23.4 Å².